The number of nitrogens with zero attached hydrogens (tertiary/aromatic N) is 4. The predicted octanol–water partition coefficient (Wildman–Crippen LogP) is 1.84. The normalized spacial score (nSPS) is 21.4. The van der Waals surface area contributed by atoms with Crippen LogP contribution in [0.25, 0.3) is 0 Å². The van der Waals surface area contributed by atoms with Gasteiger partial charge in [0.15, 0.2) is 0 Å². The summed E-state index contributed by atoms with van der Waals surface area (Å²) in [5, 5.41) is 13.1. The lowest BCUT2D eigenvalue weighted by atomic mass is 9.99. The molecule has 0 atom stereocenters. The summed E-state index contributed by atoms with van der Waals surface area (Å²) in [5.41, 5.74) is -0.299. The molecule has 1 aliphatic carbocycles. The smallest absolute Gasteiger partial charge is 0.231 e. The minimum Gasteiger partial charge on any atom is -0.394 e. The number of halogens is 1. The molecule has 110 valence electrons. The van der Waals surface area contributed by atoms with Gasteiger partial charge in [0.05, 0.1) is 12.1 Å². The fourth-order valence-electron chi connectivity index (χ4n) is 3.07. The number of aliphatic hydroxyl groups excluding tert-OH is 1. The van der Waals surface area contributed by atoms with Crippen molar-refractivity contribution in [3.8, 4) is 0 Å². The van der Waals surface area contributed by atoms with Crippen LogP contribution >= 0.6 is 11.6 Å². The number of rotatable bonds is 4. The van der Waals surface area contributed by atoms with Crippen molar-refractivity contribution in [2.45, 2.75) is 44.1 Å². The molecule has 6 nitrogen and oxygen atoms in total. The Labute approximate surface area is 123 Å². The van der Waals surface area contributed by atoms with Crippen molar-refractivity contribution in [2.24, 2.45) is 0 Å². The van der Waals surface area contributed by atoms with Crippen molar-refractivity contribution < 1.29 is 5.11 Å². The molecular weight excluding hydrogens is 278 g/mol. The van der Waals surface area contributed by atoms with Crippen LogP contribution in [-0.4, -0.2) is 45.3 Å². The summed E-state index contributed by atoms with van der Waals surface area (Å²) in [6.45, 7) is 2.02. The van der Waals surface area contributed by atoms with E-state index >= 15 is 0 Å². The van der Waals surface area contributed by atoms with E-state index < -0.39 is 0 Å². The van der Waals surface area contributed by atoms with Crippen LogP contribution in [0.1, 0.15) is 38.5 Å². The summed E-state index contributed by atoms with van der Waals surface area (Å²) in [7, 11) is 0. The molecule has 0 amide bonds. The lowest BCUT2D eigenvalue weighted by Gasteiger charge is -2.28. The molecule has 0 radical (unpaired) electrons. The molecule has 1 aromatic rings. The highest BCUT2D eigenvalue weighted by atomic mass is 35.5. The van der Waals surface area contributed by atoms with Crippen LogP contribution in [0.4, 0.5) is 11.9 Å². The first-order valence-electron chi connectivity index (χ1n) is 7.26. The number of hydrogen-bond donors (Lipinski definition) is 2. The highest BCUT2D eigenvalue weighted by Gasteiger charge is 2.34. The maximum atomic E-state index is 9.65. The molecule has 2 fully saturated rings. The first-order chi connectivity index (χ1) is 9.71. The molecule has 2 N–H and O–H groups in total. The van der Waals surface area contributed by atoms with Crippen molar-refractivity contribution >= 4 is 23.5 Å². The third-order valence-electron chi connectivity index (χ3n) is 4.23. The van der Waals surface area contributed by atoms with E-state index in [2.05, 4.69) is 25.2 Å². The largest absolute Gasteiger partial charge is 0.394 e. The second kappa shape index (κ2) is 5.69. The zero-order chi connectivity index (χ0) is 14.0. The van der Waals surface area contributed by atoms with Gasteiger partial charge in [0.1, 0.15) is 0 Å². The maximum absolute atomic E-state index is 9.65. The lowest BCUT2D eigenvalue weighted by Crippen LogP contribution is -2.40. The lowest BCUT2D eigenvalue weighted by molar-refractivity contribution is 0.213. The molecule has 0 aromatic carbocycles. The molecule has 2 aliphatic rings. The topological polar surface area (TPSA) is 74.2 Å². The van der Waals surface area contributed by atoms with Gasteiger partial charge in [-0.05, 0) is 37.3 Å². The monoisotopic (exact) mass is 297 g/mol. The molecule has 1 aliphatic heterocycles. The summed E-state index contributed by atoms with van der Waals surface area (Å²) in [4.78, 5) is 15.0. The van der Waals surface area contributed by atoms with E-state index in [4.69, 9.17) is 11.6 Å². The fourth-order valence-corrected chi connectivity index (χ4v) is 3.22. The van der Waals surface area contributed by atoms with Crippen LogP contribution < -0.4 is 10.2 Å². The van der Waals surface area contributed by atoms with Crippen molar-refractivity contribution in [2.75, 3.05) is 29.9 Å². The Bertz CT molecular complexity index is 472. The average Bonchev–Trinajstić information content (AvgIpc) is 3.09. The Morgan fingerprint density at radius 3 is 2.45 bits per heavy atom. The van der Waals surface area contributed by atoms with E-state index in [1.807, 2.05) is 0 Å². The Morgan fingerprint density at radius 1 is 1.10 bits per heavy atom. The average molecular weight is 298 g/mol. The molecule has 1 saturated heterocycles. The Morgan fingerprint density at radius 2 is 1.80 bits per heavy atom. The minimum absolute atomic E-state index is 0.0926. The summed E-state index contributed by atoms with van der Waals surface area (Å²) < 4.78 is 0. The zero-order valence-corrected chi connectivity index (χ0v) is 12.2. The molecule has 3 rings (SSSR count). The van der Waals surface area contributed by atoms with Gasteiger partial charge < -0.3 is 15.3 Å². The molecule has 1 saturated carbocycles. The van der Waals surface area contributed by atoms with Gasteiger partial charge in [0, 0.05) is 13.1 Å². The number of aliphatic hydroxyl groups is 1. The van der Waals surface area contributed by atoms with Gasteiger partial charge in [-0.2, -0.15) is 15.0 Å². The predicted molar refractivity (Wildman–Crippen MR) is 78.2 cm³/mol. The third kappa shape index (κ3) is 2.81. The standard InChI is InChI=1S/C13H20ClN5O/c14-10-15-11(18-13(9-20)5-1-2-6-13)17-12(16-10)19-7-3-4-8-19/h20H,1-9H2,(H,15,16,17,18). The van der Waals surface area contributed by atoms with Crippen LogP contribution in [0.2, 0.25) is 5.28 Å². The van der Waals surface area contributed by atoms with Gasteiger partial charge in [0.2, 0.25) is 17.2 Å². The fraction of sp³-hybridized carbons (Fsp3) is 0.769. The van der Waals surface area contributed by atoms with Crippen molar-refractivity contribution in [3.63, 3.8) is 0 Å². The molecular formula is C13H20ClN5O. The number of anilines is 2. The van der Waals surface area contributed by atoms with Gasteiger partial charge in [-0.1, -0.05) is 12.8 Å². The van der Waals surface area contributed by atoms with Crippen LogP contribution in [0.15, 0.2) is 0 Å². The molecule has 2 heterocycles. The van der Waals surface area contributed by atoms with Gasteiger partial charge in [-0.15, -0.1) is 0 Å². The zero-order valence-electron chi connectivity index (χ0n) is 11.5. The highest BCUT2D eigenvalue weighted by Crippen LogP contribution is 2.32. The van der Waals surface area contributed by atoms with Gasteiger partial charge in [-0.3, -0.25) is 0 Å². The summed E-state index contributed by atoms with van der Waals surface area (Å²) in [6.07, 6.45) is 6.42. The number of hydrogen-bond acceptors (Lipinski definition) is 6. The molecule has 1 aromatic heterocycles. The first kappa shape index (κ1) is 13.8. The van der Waals surface area contributed by atoms with E-state index in [0.29, 0.717) is 11.9 Å². The van der Waals surface area contributed by atoms with Gasteiger partial charge in [0.25, 0.3) is 0 Å². The Balaban J connectivity index is 1.82. The minimum atomic E-state index is -0.299. The molecule has 0 bridgehead atoms. The number of nitrogens with one attached hydrogen (secondary N) is 1. The number of aromatic nitrogens is 3. The Hall–Kier alpha value is -1.14. The second-order valence-corrected chi connectivity index (χ2v) is 6.03. The van der Waals surface area contributed by atoms with Gasteiger partial charge in [-0.25, -0.2) is 0 Å². The quantitative estimate of drug-likeness (QED) is 0.883. The highest BCUT2D eigenvalue weighted by molar-refractivity contribution is 6.28. The van der Waals surface area contributed by atoms with Gasteiger partial charge >= 0.3 is 0 Å². The maximum Gasteiger partial charge on any atom is 0.231 e. The van der Waals surface area contributed by atoms with Crippen LogP contribution in [-0.2, 0) is 0 Å². The van der Waals surface area contributed by atoms with E-state index in [-0.39, 0.29) is 17.4 Å². The summed E-state index contributed by atoms with van der Waals surface area (Å²) >= 11 is 6.01. The summed E-state index contributed by atoms with van der Waals surface area (Å²) in [6, 6.07) is 0. The molecule has 7 heteroatoms. The molecule has 0 spiro atoms. The van der Waals surface area contributed by atoms with Crippen molar-refractivity contribution in [3.05, 3.63) is 5.28 Å². The van der Waals surface area contributed by atoms with Crippen LogP contribution in [0, 0.1) is 0 Å². The summed E-state index contributed by atoms with van der Waals surface area (Å²) in [5.74, 6) is 1.11. The first-order valence-corrected chi connectivity index (χ1v) is 7.64. The van der Waals surface area contributed by atoms with Crippen molar-refractivity contribution in [1.29, 1.82) is 0 Å². The van der Waals surface area contributed by atoms with E-state index in [1.165, 1.54) is 0 Å². The van der Waals surface area contributed by atoms with Crippen LogP contribution in [0.5, 0.6) is 0 Å². The third-order valence-corrected chi connectivity index (χ3v) is 4.39. The Kier molecular flexibility index (Phi) is 3.94. The van der Waals surface area contributed by atoms with Crippen LogP contribution in [0.3, 0.4) is 0 Å². The van der Waals surface area contributed by atoms with E-state index in [9.17, 15) is 5.11 Å². The molecule has 20 heavy (non-hydrogen) atoms. The second-order valence-electron chi connectivity index (χ2n) is 5.69. The van der Waals surface area contributed by atoms with E-state index in [1.54, 1.807) is 0 Å². The SMILES string of the molecule is OCC1(Nc2nc(Cl)nc(N3CCCC3)n2)CCCC1. The van der Waals surface area contributed by atoms with Crippen molar-refractivity contribution in [1.82, 2.24) is 15.0 Å². The molecule has 0 unspecified atom stereocenters. The van der Waals surface area contributed by atoms with E-state index in [0.717, 1.165) is 51.6 Å².